The summed E-state index contributed by atoms with van der Waals surface area (Å²) >= 11 is 1.75. The van der Waals surface area contributed by atoms with Gasteiger partial charge in [-0.25, -0.2) is 0 Å². The van der Waals surface area contributed by atoms with Crippen LogP contribution in [-0.4, -0.2) is 29.2 Å². The summed E-state index contributed by atoms with van der Waals surface area (Å²) in [5, 5.41) is 13.5. The quantitative estimate of drug-likeness (QED) is 0.854. The molecular weight excluding hydrogens is 218 g/mol. The molecule has 16 heavy (non-hydrogen) atoms. The van der Waals surface area contributed by atoms with Crippen molar-refractivity contribution < 1.29 is 5.11 Å². The molecule has 1 aliphatic carbocycles. The van der Waals surface area contributed by atoms with E-state index in [-0.39, 0.29) is 6.61 Å². The molecular formula is C13H21NOS. The van der Waals surface area contributed by atoms with Crippen molar-refractivity contribution in [3.8, 4) is 0 Å². The van der Waals surface area contributed by atoms with Crippen molar-refractivity contribution in [2.24, 2.45) is 5.92 Å². The summed E-state index contributed by atoms with van der Waals surface area (Å²) in [7, 11) is 0. The summed E-state index contributed by atoms with van der Waals surface area (Å²) in [5.41, 5.74) is 1.39. The van der Waals surface area contributed by atoms with Gasteiger partial charge >= 0.3 is 0 Å². The molecule has 1 heterocycles. The molecule has 0 aliphatic heterocycles. The minimum absolute atomic E-state index is 0.271. The molecule has 0 aromatic carbocycles. The van der Waals surface area contributed by atoms with Gasteiger partial charge in [-0.2, -0.15) is 11.3 Å². The summed E-state index contributed by atoms with van der Waals surface area (Å²) in [6.45, 7) is 4.42. The van der Waals surface area contributed by atoms with Crippen LogP contribution < -0.4 is 0 Å². The molecule has 0 bridgehead atoms. The second-order valence-corrected chi connectivity index (χ2v) is 5.58. The van der Waals surface area contributed by atoms with E-state index >= 15 is 0 Å². The van der Waals surface area contributed by atoms with Gasteiger partial charge in [0, 0.05) is 19.1 Å². The molecule has 1 aliphatic rings. The Balaban J connectivity index is 1.99. The van der Waals surface area contributed by atoms with Gasteiger partial charge in [0.2, 0.25) is 0 Å². The first-order valence-electron chi connectivity index (χ1n) is 6.17. The lowest BCUT2D eigenvalue weighted by Crippen LogP contribution is -2.38. The van der Waals surface area contributed by atoms with Gasteiger partial charge in [0.25, 0.3) is 0 Å². The van der Waals surface area contributed by atoms with Crippen molar-refractivity contribution in [3.05, 3.63) is 22.4 Å². The lowest BCUT2D eigenvalue weighted by Gasteiger charge is -2.31. The number of rotatable bonds is 5. The van der Waals surface area contributed by atoms with E-state index < -0.39 is 0 Å². The highest BCUT2D eigenvalue weighted by atomic mass is 32.1. The number of hydrogen-bond acceptors (Lipinski definition) is 3. The highest BCUT2D eigenvalue weighted by molar-refractivity contribution is 7.07. The molecule has 0 amide bonds. The van der Waals surface area contributed by atoms with Gasteiger partial charge in [-0.05, 0) is 41.1 Å². The second kappa shape index (κ2) is 5.80. The first kappa shape index (κ1) is 12.1. The van der Waals surface area contributed by atoms with Crippen LogP contribution in [0.15, 0.2) is 16.8 Å². The minimum Gasteiger partial charge on any atom is -0.395 e. The summed E-state index contributed by atoms with van der Waals surface area (Å²) in [6, 6.07) is 2.86. The zero-order chi connectivity index (χ0) is 11.4. The molecule has 1 saturated carbocycles. The van der Waals surface area contributed by atoms with Crippen LogP contribution in [0.25, 0.3) is 0 Å². The standard InChI is InChI=1S/C13H21NOS/c1-11-3-2-4-13(11)14(6-7-15)9-12-5-8-16-10-12/h5,8,10-11,13,15H,2-4,6-7,9H2,1H3/t11-,13-/m0/s1. The minimum atomic E-state index is 0.271. The topological polar surface area (TPSA) is 23.5 Å². The van der Waals surface area contributed by atoms with Crippen molar-refractivity contribution >= 4 is 11.3 Å². The van der Waals surface area contributed by atoms with E-state index in [0.29, 0.717) is 6.04 Å². The molecule has 1 N–H and O–H groups in total. The van der Waals surface area contributed by atoms with E-state index in [0.717, 1.165) is 19.0 Å². The van der Waals surface area contributed by atoms with E-state index in [1.807, 2.05) is 0 Å². The predicted octanol–water partition coefficient (Wildman–Crippen LogP) is 2.73. The molecule has 2 atom stereocenters. The Morgan fingerprint density at radius 2 is 2.38 bits per heavy atom. The van der Waals surface area contributed by atoms with Crippen LogP contribution in [0.4, 0.5) is 0 Å². The Morgan fingerprint density at radius 3 is 2.94 bits per heavy atom. The zero-order valence-corrected chi connectivity index (χ0v) is 10.7. The Hall–Kier alpha value is -0.380. The molecule has 0 spiro atoms. The summed E-state index contributed by atoms with van der Waals surface area (Å²) in [4.78, 5) is 2.46. The maximum atomic E-state index is 9.17. The fourth-order valence-electron chi connectivity index (χ4n) is 2.78. The first-order chi connectivity index (χ1) is 7.81. The van der Waals surface area contributed by atoms with Crippen molar-refractivity contribution in [1.29, 1.82) is 0 Å². The zero-order valence-electron chi connectivity index (χ0n) is 9.93. The predicted molar refractivity (Wildman–Crippen MR) is 68.6 cm³/mol. The highest BCUT2D eigenvalue weighted by Crippen LogP contribution is 2.30. The van der Waals surface area contributed by atoms with Gasteiger partial charge in [0.05, 0.1) is 6.61 Å². The van der Waals surface area contributed by atoms with Crippen LogP contribution >= 0.6 is 11.3 Å². The van der Waals surface area contributed by atoms with Crippen LogP contribution in [0.5, 0.6) is 0 Å². The molecule has 1 aromatic rings. The largest absolute Gasteiger partial charge is 0.395 e. The maximum absolute atomic E-state index is 9.17. The lowest BCUT2D eigenvalue weighted by atomic mass is 10.0. The summed E-state index contributed by atoms with van der Waals surface area (Å²) in [5.74, 6) is 0.783. The van der Waals surface area contributed by atoms with Crippen LogP contribution in [0, 0.1) is 5.92 Å². The Labute approximate surface area is 102 Å². The van der Waals surface area contributed by atoms with Crippen LogP contribution in [0.1, 0.15) is 31.7 Å². The fraction of sp³-hybridized carbons (Fsp3) is 0.692. The van der Waals surface area contributed by atoms with Gasteiger partial charge in [0.15, 0.2) is 0 Å². The number of hydrogen-bond donors (Lipinski definition) is 1. The van der Waals surface area contributed by atoms with Gasteiger partial charge in [-0.3, -0.25) is 4.90 Å². The van der Waals surface area contributed by atoms with E-state index in [2.05, 4.69) is 28.7 Å². The van der Waals surface area contributed by atoms with Gasteiger partial charge in [0.1, 0.15) is 0 Å². The molecule has 0 unspecified atom stereocenters. The third kappa shape index (κ3) is 2.84. The van der Waals surface area contributed by atoms with Gasteiger partial charge in [-0.15, -0.1) is 0 Å². The van der Waals surface area contributed by atoms with E-state index in [1.54, 1.807) is 11.3 Å². The second-order valence-electron chi connectivity index (χ2n) is 4.80. The SMILES string of the molecule is C[C@H]1CCC[C@@H]1N(CCO)Cc1ccsc1. The van der Waals surface area contributed by atoms with Gasteiger partial charge in [-0.1, -0.05) is 13.3 Å². The average molecular weight is 239 g/mol. The van der Waals surface area contributed by atoms with Crippen molar-refractivity contribution in [3.63, 3.8) is 0 Å². The molecule has 3 heteroatoms. The lowest BCUT2D eigenvalue weighted by molar-refractivity contribution is 0.123. The number of aliphatic hydroxyl groups excluding tert-OH is 1. The van der Waals surface area contributed by atoms with Crippen molar-refractivity contribution in [2.75, 3.05) is 13.2 Å². The summed E-state index contributed by atoms with van der Waals surface area (Å²) < 4.78 is 0. The third-order valence-electron chi connectivity index (χ3n) is 3.64. The molecule has 90 valence electrons. The molecule has 1 aromatic heterocycles. The van der Waals surface area contributed by atoms with E-state index in [9.17, 15) is 5.11 Å². The van der Waals surface area contributed by atoms with E-state index in [1.165, 1.54) is 24.8 Å². The Bertz CT molecular complexity index is 299. The van der Waals surface area contributed by atoms with Crippen molar-refractivity contribution in [2.45, 2.75) is 38.8 Å². The number of thiophene rings is 1. The van der Waals surface area contributed by atoms with Crippen molar-refractivity contribution in [1.82, 2.24) is 4.90 Å². The Kier molecular flexibility index (Phi) is 4.38. The number of nitrogens with zero attached hydrogens (tertiary/aromatic N) is 1. The molecule has 0 radical (unpaired) electrons. The van der Waals surface area contributed by atoms with Crippen LogP contribution in [0.2, 0.25) is 0 Å². The fourth-order valence-corrected chi connectivity index (χ4v) is 3.44. The van der Waals surface area contributed by atoms with Crippen LogP contribution in [-0.2, 0) is 6.54 Å². The highest BCUT2D eigenvalue weighted by Gasteiger charge is 2.28. The summed E-state index contributed by atoms with van der Waals surface area (Å²) in [6.07, 6.45) is 3.99. The first-order valence-corrected chi connectivity index (χ1v) is 7.11. The number of aliphatic hydroxyl groups is 1. The normalized spacial score (nSPS) is 25.4. The molecule has 1 fully saturated rings. The molecule has 2 nitrogen and oxygen atoms in total. The molecule has 0 saturated heterocycles. The third-order valence-corrected chi connectivity index (χ3v) is 4.37. The smallest absolute Gasteiger partial charge is 0.0558 e. The van der Waals surface area contributed by atoms with Gasteiger partial charge < -0.3 is 5.11 Å². The van der Waals surface area contributed by atoms with Crippen LogP contribution in [0.3, 0.4) is 0 Å². The Morgan fingerprint density at radius 1 is 1.50 bits per heavy atom. The monoisotopic (exact) mass is 239 g/mol. The van der Waals surface area contributed by atoms with E-state index in [4.69, 9.17) is 0 Å². The maximum Gasteiger partial charge on any atom is 0.0558 e. The molecule has 2 rings (SSSR count). The average Bonchev–Trinajstić information content (AvgIpc) is 2.88.